The average Bonchev–Trinajstić information content (AvgIpc) is 3.76. The van der Waals surface area contributed by atoms with Crippen molar-refractivity contribution in [1.29, 1.82) is 0 Å². The second-order valence-electron chi connectivity index (χ2n) is 18.7. The second kappa shape index (κ2) is 19.1. The summed E-state index contributed by atoms with van der Waals surface area (Å²) in [5.74, 6) is -5.45. The molecule has 5 aliphatic carbocycles. The van der Waals surface area contributed by atoms with Crippen LogP contribution < -0.4 is 20.7 Å². The number of hydrogen-bond acceptors (Lipinski definition) is 12. The number of fused-ring (bicyclic) bond motifs is 7. The van der Waals surface area contributed by atoms with Crippen molar-refractivity contribution in [1.82, 2.24) is 16.0 Å². The number of rotatable bonds is 17. The average molecular weight is 934 g/mol. The van der Waals surface area contributed by atoms with E-state index in [1.165, 1.54) is 43.0 Å². The summed E-state index contributed by atoms with van der Waals surface area (Å²) < 4.78 is 68.5. The van der Waals surface area contributed by atoms with E-state index in [2.05, 4.69) is 16.0 Å². The van der Waals surface area contributed by atoms with E-state index in [1.807, 2.05) is 6.92 Å². The Kier molecular flexibility index (Phi) is 14.3. The van der Waals surface area contributed by atoms with Gasteiger partial charge in [-0.15, -0.1) is 0 Å². The summed E-state index contributed by atoms with van der Waals surface area (Å²) in [5, 5.41) is 39.2. The molecule has 6 aliphatic rings. The molecule has 5 fully saturated rings. The van der Waals surface area contributed by atoms with Gasteiger partial charge >= 0.3 is 5.97 Å². The molecule has 0 spiro atoms. The largest absolute Gasteiger partial charge is 0.490 e. The topological polar surface area (TPSA) is 227 Å². The number of thioether (sulfide) groups is 1. The van der Waals surface area contributed by atoms with Gasteiger partial charge in [-0.1, -0.05) is 19.9 Å². The predicted octanol–water partition coefficient (Wildman–Crippen LogP) is 3.88. The lowest BCUT2D eigenvalue weighted by Gasteiger charge is -2.63. The number of carbonyl (C=O) groups excluding carboxylic acids is 5. The van der Waals surface area contributed by atoms with Gasteiger partial charge < -0.3 is 45.5 Å². The molecule has 6 N–H and O–H groups in total. The number of ketones is 2. The van der Waals surface area contributed by atoms with E-state index in [9.17, 15) is 44.1 Å². The molecule has 1 unspecified atom stereocenters. The number of allylic oxidation sites excluding steroid dienone is 4. The predicted molar refractivity (Wildman–Crippen MR) is 228 cm³/mol. The Morgan fingerprint density at radius 1 is 1.06 bits per heavy atom. The van der Waals surface area contributed by atoms with Crippen LogP contribution in [0, 0.1) is 28.5 Å². The summed E-state index contributed by atoms with van der Waals surface area (Å²) in [6.45, 7) is 3.74. The highest BCUT2D eigenvalue weighted by molar-refractivity contribution is 7.99. The van der Waals surface area contributed by atoms with Gasteiger partial charge in [0.2, 0.25) is 17.7 Å². The standard InChI is InChI=1S/C46H58F3N3O12S/c1-4-15-65-23-39(58)50-21-38(57)52-34(11-12-40(59)60)41(61)51-24-5-7-26(8-6-24)62-27-9-10-28(32(47)17-27)42-63-37-19-29-30-18-33(48)31-16-25(54)13-14-43(31,2)45(30,49)35(55)20-44(29,3)46(37,64-42)36(56)22-53/h9-10,13-14,16-17,24,26,29-30,33-35,37,42,53,55H,4-8,11-12,15,18-23H2,1-3H3,(H,50,58)(H,51,61)(H,52,57)(H,59,60)/t24?,26?,29-,30?,33-,34-,35-,37+,42+,43-,44-,45-,46+/m0/s1. The van der Waals surface area contributed by atoms with E-state index in [4.69, 9.17) is 14.2 Å². The lowest BCUT2D eigenvalue weighted by atomic mass is 9.44. The molecule has 1 heterocycles. The molecular formula is C46H58F3N3O12S. The molecule has 4 saturated carbocycles. The summed E-state index contributed by atoms with van der Waals surface area (Å²) >= 11 is 1.43. The van der Waals surface area contributed by atoms with Gasteiger partial charge in [0.25, 0.3) is 0 Å². The van der Waals surface area contributed by atoms with Crippen LogP contribution in [0.2, 0.25) is 0 Å². The Balaban J connectivity index is 0.968. The Morgan fingerprint density at radius 2 is 1.80 bits per heavy atom. The van der Waals surface area contributed by atoms with Crippen molar-refractivity contribution in [3.05, 3.63) is 53.4 Å². The number of carboxylic acids is 1. The summed E-state index contributed by atoms with van der Waals surface area (Å²) in [7, 11) is 0. The minimum Gasteiger partial charge on any atom is -0.490 e. The number of carboxylic acid groups (broad SMARTS) is 1. The van der Waals surface area contributed by atoms with Gasteiger partial charge in [-0.25, -0.2) is 13.2 Å². The smallest absolute Gasteiger partial charge is 0.303 e. The van der Waals surface area contributed by atoms with Crippen molar-refractivity contribution in [2.24, 2.45) is 22.7 Å². The number of benzene rings is 1. The molecule has 1 aliphatic heterocycles. The molecule has 65 heavy (non-hydrogen) atoms. The maximum absolute atomic E-state index is 17.7. The van der Waals surface area contributed by atoms with Gasteiger partial charge in [-0.2, -0.15) is 11.8 Å². The molecule has 1 saturated heterocycles. The number of hydrogen-bond donors (Lipinski definition) is 6. The fourth-order valence-corrected chi connectivity index (χ4v) is 12.3. The molecule has 1 aromatic carbocycles. The molecule has 1 aromatic rings. The highest BCUT2D eigenvalue weighted by Gasteiger charge is 2.80. The lowest BCUT2D eigenvalue weighted by Crippen LogP contribution is -2.70. The van der Waals surface area contributed by atoms with Crippen LogP contribution in [0.5, 0.6) is 5.75 Å². The molecule has 0 aromatic heterocycles. The molecule has 3 amide bonds. The number of nitrogens with one attached hydrogen (secondary N) is 3. The van der Waals surface area contributed by atoms with E-state index in [1.54, 1.807) is 6.92 Å². The number of aliphatic carboxylic acids is 1. The summed E-state index contributed by atoms with van der Waals surface area (Å²) in [5.41, 5.74) is -7.50. The molecule has 7 rings (SSSR count). The second-order valence-corrected chi connectivity index (χ2v) is 19.8. The van der Waals surface area contributed by atoms with E-state index in [0.29, 0.717) is 25.7 Å². The van der Waals surface area contributed by atoms with Crippen molar-refractivity contribution in [2.45, 2.75) is 139 Å². The van der Waals surface area contributed by atoms with Crippen LogP contribution in [0.25, 0.3) is 0 Å². The summed E-state index contributed by atoms with van der Waals surface area (Å²) in [4.78, 5) is 75.2. The fourth-order valence-electron chi connectivity index (χ4n) is 11.6. The molecule has 0 bridgehead atoms. The molecule has 15 nitrogen and oxygen atoms in total. The Hall–Kier alpha value is -4.30. The maximum Gasteiger partial charge on any atom is 0.303 e. The summed E-state index contributed by atoms with van der Waals surface area (Å²) in [6.07, 6.45) is -1.23. The third-order valence-electron chi connectivity index (χ3n) is 14.8. The van der Waals surface area contributed by atoms with E-state index in [-0.39, 0.29) is 79.3 Å². The van der Waals surface area contributed by atoms with Gasteiger partial charge in [-0.05, 0) is 106 Å². The SMILES string of the molecule is CCCSCC(=O)NCC(=O)N[C@@H](CCC(=O)O)C(=O)NC1CCC(Oc2ccc([C@@H]3O[C@@H]4C[C@H]5C6C[C@H](F)C7=CC(=O)C=C[C@]7(C)[C@@]6(F)[C@@H](O)C[C@]5(C)[C@]4(C(=O)CO)O3)c(F)c2)CC1. The first-order chi connectivity index (χ1) is 30.8. The van der Waals surface area contributed by atoms with Crippen molar-refractivity contribution in [3.8, 4) is 5.75 Å². The van der Waals surface area contributed by atoms with Crippen LogP contribution in [0.15, 0.2) is 42.0 Å². The zero-order valence-corrected chi connectivity index (χ0v) is 37.4. The highest BCUT2D eigenvalue weighted by Crippen LogP contribution is 2.72. The van der Waals surface area contributed by atoms with Gasteiger partial charge in [-0.3, -0.25) is 28.8 Å². The van der Waals surface area contributed by atoms with Crippen LogP contribution in [0.3, 0.4) is 0 Å². The third kappa shape index (κ3) is 8.87. The normalized spacial score (nSPS) is 36.2. The maximum atomic E-state index is 17.7. The number of Topliss-reactive ketones (excluding diaryl/α,β-unsaturated/α-hetero) is 1. The summed E-state index contributed by atoms with van der Waals surface area (Å²) in [6, 6.07) is 2.60. The molecule has 19 heteroatoms. The highest BCUT2D eigenvalue weighted by atomic mass is 32.2. The first-order valence-electron chi connectivity index (χ1n) is 22.4. The number of halogens is 3. The zero-order valence-electron chi connectivity index (χ0n) is 36.6. The zero-order chi connectivity index (χ0) is 47.1. The number of aliphatic hydroxyl groups is 2. The number of alkyl halides is 2. The number of ether oxygens (including phenoxy) is 3. The Labute approximate surface area is 379 Å². The van der Waals surface area contributed by atoms with E-state index in [0.717, 1.165) is 24.3 Å². The van der Waals surface area contributed by atoms with Gasteiger partial charge in [0.1, 0.15) is 30.4 Å². The Bertz CT molecular complexity index is 2120. The van der Waals surface area contributed by atoms with Crippen LogP contribution in [0.4, 0.5) is 13.2 Å². The van der Waals surface area contributed by atoms with Gasteiger partial charge in [0.15, 0.2) is 29.1 Å². The van der Waals surface area contributed by atoms with Crippen LogP contribution in [-0.4, -0.2) is 123 Å². The third-order valence-corrected chi connectivity index (χ3v) is 16.0. The van der Waals surface area contributed by atoms with Crippen LogP contribution in [-0.2, 0) is 38.2 Å². The molecule has 0 radical (unpaired) electrons. The number of aliphatic hydroxyl groups excluding tert-OH is 2. The molecular weight excluding hydrogens is 876 g/mol. The van der Waals surface area contributed by atoms with Gasteiger partial charge in [0, 0.05) is 40.8 Å². The fraction of sp³-hybridized carbons (Fsp3) is 0.652. The van der Waals surface area contributed by atoms with Crippen molar-refractivity contribution in [2.75, 3.05) is 24.7 Å². The Morgan fingerprint density at radius 3 is 2.48 bits per heavy atom. The first kappa shape index (κ1) is 48.6. The molecule has 11 atom stereocenters. The molecule has 356 valence electrons. The number of amides is 3. The van der Waals surface area contributed by atoms with Crippen molar-refractivity contribution in [3.63, 3.8) is 0 Å². The van der Waals surface area contributed by atoms with Crippen molar-refractivity contribution >= 4 is 47.0 Å². The van der Waals surface area contributed by atoms with E-state index < -0.39 is 106 Å². The van der Waals surface area contributed by atoms with Crippen LogP contribution in [0.1, 0.15) is 96.8 Å². The minimum atomic E-state index is -2.42. The monoisotopic (exact) mass is 933 g/mol. The van der Waals surface area contributed by atoms with Crippen molar-refractivity contribution < 1.29 is 71.5 Å². The minimum absolute atomic E-state index is 0.00583. The lowest BCUT2D eigenvalue weighted by molar-refractivity contribution is -0.235. The van der Waals surface area contributed by atoms with Gasteiger partial charge in [0.05, 0.1) is 30.6 Å². The van der Waals surface area contributed by atoms with Crippen LogP contribution >= 0.6 is 11.8 Å². The first-order valence-corrected chi connectivity index (χ1v) is 23.5. The number of carbonyl (C=O) groups is 6. The van der Waals surface area contributed by atoms with E-state index >= 15 is 13.2 Å². The quantitative estimate of drug-likeness (QED) is 0.122.